The molecule has 0 saturated carbocycles. The molecule has 21 heavy (non-hydrogen) atoms. The Bertz CT molecular complexity index is 739. The molecule has 1 atom stereocenters. The van der Waals surface area contributed by atoms with Crippen LogP contribution in [0, 0.1) is 0 Å². The summed E-state index contributed by atoms with van der Waals surface area (Å²) in [5, 5.41) is 3.65. The predicted molar refractivity (Wildman–Crippen MR) is 79.1 cm³/mol. The molecule has 1 unspecified atom stereocenters. The van der Waals surface area contributed by atoms with Crippen molar-refractivity contribution in [1.29, 1.82) is 0 Å². The van der Waals surface area contributed by atoms with E-state index < -0.39 is 0 Å². The van der Waals surface area contributed by atoms with E-state index in [1.165, 1.54) is 11.9 Å². The molecule has 3 rings (SSSR count). The number of aromatic nitrogens is 3. The van der Waals surface area contributed by atoms with Gasteiger partial charge in [-0.15, -0.1) is 0 Å². The minimum Gasteiger partial charge on any atom is -0.440 e. The van der Waals surface area contributed by atoms with Gasteiger partial charge in [0.1, 0.15) is 5.52 Å². The Balaban J connectivity index is 1.87. The fourth-order valence-corrected chi connectivity index (χ4v) is 2.26. The molecule has 0 aliphatic rings. The zero-order valence-electron chi connectivity index (χ0n) is 12.8. The van der Waals surface area contributed by atoms with Crippen molar-refractivity contribution in [2.75, 3.05) is 0 Å². The third kappa shape index (κ3) is 2.82. The largest absolute Gasteiger partial charge is 0.440 e. The first-order chi connectivity index (χ1) is 9.93. The van der Waals surface area contributed by atoms with Crippen LogP contribution in [0.15, 0.2) is 33.5 Å². The lowest BCUT2D eigenvalue weighted by Crippen LogP contribution is -2.10. The van der Waals surface area contributed by atoms with Crippen LogP contribution in [0.3, 0.4) is 0 Å². The van der Waals surface area contributed by atoms with Gasteiger partial charge < -0.3 is 8.94 Å². The summed E-state index contributed by atoms with van der Waals surface area (Å²) >= 11 is 0. The second kappa shape index (κ2) is 4.98. The minimum atomic E-state index is -0.0871. The second-order valence-corrected chi connectivity index (χ2v) is 6.46. The molecule has 0 bridgehead atoms. The molecular formula is C16H19N3O2. The number of oxazole rings is 1. The summed E-state index contributed by atoms with van der Waals surface area (Å²) in [6.45, 7) is 8.35. The fraction of sp³-hybridized carbons (Fsp3) is 0.438. The van der Waals surface area contributed by atoms with E-state index in [1.54, 1.807) is 0 Å². The lowest BCUT2D eigenvalue weighted by atomic mass is 9.97. The van der Waals surface area contributed by atoms with Gasteiger partial charge in [-0.25, -0.2) is 4.98 Å². The number of nitrogens with zero attached hydrogens (tertiary/aromatic N) is 3. The van der Waals surface area contributed by atoms with E-state index in [0.29, 0.717) is 5.89 Å². The van der Waals surface area contributed by atoms with E-state index in [2.05, 4.69) is 48.9 Å². The summed E-state index contributed by atoms with van der Waals surface area (Å²) in [5.74, 6) is 1.60. The van der Waals surface area contributed by atoms with Gasteiger partial charge in [-0.2, -0.15) is 4.98 Å². The van der Waals surface area contributed by atoms with E-state index in [0.717, 1.165) is 23.4 Å². The van der Waals surface area contributed by atoms with Gasteiger partial charge in [0.25, 0.3) is 0 Å². The Morgan fingerprint density at radius 1 is 1.24 bits per heavy atom. The minimum absolute atomic E-state index is 0.0871. The molecular weight excluding hydrogens is 266 g/mol. The standard InChI is InChI=1S/C16H19N3O2/c1-10(14-17-9-18-21-14)7-11-5-6-12-13(8-11)20-15(19-12)16(2,3)4/h5-6,8-10H,7H2,1-4H3. The van der Waals surface area contributed by atoms with Crippen LogP contribution in [0.25, 0.3) is 11.1 Å². The van der Waals surface area contributed by atoms with Gasteiger partial charge in [-0.05, 0) is 24.1 Å². The number of benzene rings is 1. The van der Waals surface area contributed by atoms with Gasteiger partial charge in [0.15, 0.2) is 11.9 Å². The van der Waals surface area contributed by atoms with E-state index in [-0.39, 0.29) is 11.3 Å². The first-order valence-corrected chi connectivity index (χ1v) is 7.10. The molecule has 0 radical (unpaired) electrons. The molecule has 3 aromatic rings. The molecule has 1 aromatic carbocycles. The maximum Gasteiger partial charge on any atom is 0.229 e. The molecule has 0 aliphatic carbocycles. The van der Waals surface area contributed by atoms with Crippen molar-refractivity contribution in [1.82, 2.24) is 15.1 Å². The molecule has 2 heterocycles. The fourth-order valence-electron chi connectivity index (χ4n) is 2.26. The van der Waals surface area contributed by atoms with Gasteiger partial charge in [-0.1, -0.05) is 38.9 Å². The topological polar surface area (TPSA) is 65.0 Å². The Morgan fingerprint density at radius 3 is 2.71 bits per heavy atom. The summed E-state index contributed by atoms with van der Waals surface area (Å²) in [6, 6.07) is 6.12. The Kier molecular flexibility index (Phi) is 3.27. The van der Waals surface area contributed by atoms with Gasteiger partial charge in [0.05, 0.1) is 0 Å². The lowest BCUT2D eigenvalue weighted by molar-refractivity contribution is 0.357. The molecule has 2 aromatic heterocycles. The van der Waals surface area contributed by atoms with Crippen molar-refractivity contribution in [2.45, 2.75) is 45.4 Å². The molecule has 0 saturated heterocycles. The smallest absolute Gasteiger partial charge is 0.229 e. The Hall–Kier alpha value is -2.17. The SMILES string of the molecule is CC(Cc1ccc2nc(C(C)(C)C)oc2c1)c1ncno1. The van der Waals surface area contributed by atoms with E-state index in [9.17, 15) is 0 Å². The highest BCUT2D eigenvalue weighted by Crippen LogP contribution is 2.27. The molecule has 0 spiro atoms. The molecule has 0 fully saturated rings. The van der Waals surface area contributed by atoms with E-state index in [4.69, 9.17) is 8.94 Å². The average molecular weight is 285 g/mol. The molecule has 0 aliphatic heterocycles. The van der Waals surface area contributed by atoms with E-state index >= 15 is 0 Å². The molecule has 0 amide bonds. The third-order valence-electron chi connectivity index (χ3n) is 3.44. The normalized spacial score (nSPS) is 13.7. The Labute approximate surface area is 123 Å². The molecule has 5 heteroatoms. The highest BCUT2D eigenvalue weighted by Gasteiger charge is 2.21. The van der Waals surface area contributed by atoms with Crippen LogP contribution in [0.4, 0.5) is 0 Å². The number of hydrogen-bond donors (Lipinski definition) is 0. The van der Waals surface area contributed by atoms with Gasteiger partial charge in [0.2, 0.25) is 11.8 Å². The quantitative estimate of drug-likeness (QED) is 0.731. The highest BCUT2D eigenvalue weighted by atomic mass is 16.5. The summed E-state index contributed by atoms with van der Waals surface area (Å²) < 4.78 is 11.0. The second-order valence-electron chi connectivity index (χ2n) is 6.46. The lowest BCUT2D eigenvalue weighted by Gasteiger charge is -2.11. The molecule has 5 nitrogen and oxygen atoms in total. The maximum absolute atomic E-state index is 5.88. The predicted octanol–water partition coefficient (Wildman–Crippen LogP) is 3.85. The monoisotopic (exact) mass is 285 g/mol. The maximum atomic E-state index is 5.88. The molecule has 0 N–H and O–H groups in total. The number of hydrogen-bond acceptors (Lipinski definition) is 5. The van der Waals surface area contributed by atoms with Crippen LogP contribution >= 0.6 is 0 Å². The Morgan fingerprint density at radius 2 is 2.05 bits per heavy atom. The summed E-state index contributed by atoms with van der Waals surface area (Å²) in [6.07, 6.45) is 2.25. The van der Waals surface area contributed by atoms with Crippen molar-refractivity contribution in [3.63, 3.8) is 0 Å². The third-order valence-corrected chi connectivity index (χ3v) is 3.44. The van der Waals surface area contributed by atoms with Crippen molar-refractivity contribution in [2.24, 2.45) is 0 Å². The zero-order chi connectivity index (χ0) is 15.0. The zero-order valence-corrected chi connectivity index (χ0v) is 12.8. The van der Waals surface area contributed by atoms with Crippen LogP contribution in [-0.2, 0) is 11.8 Å². The van der Waals surface area contributed by atoms with Crippen molar-refractivity contribution in [3.05, 3.63) is 41.9 Å². The first-order valence-electron chi connectivity index (χ1n) is 7.10. The van der Waals surface area contributed by atoms with Crippen LogP contribution in [-0.4, -0.2) is 15.1 Å². The summed E-state index contributed by atoms with van der Waals surface area (Å²) in [4.78, 5) is 8.64. The summed E-state index contributed by atoms with van der Waals surface area (Å²) in [7, 11) is 0. The van der Waals surface area contributed by atoms with Gasteiger partial charge >= 0.3 is 0 Å². The number of fused-ring (bicyclic) bond motifs is 1. The average Bonchev–Trinajstić information content (AvgIpc) is 3.06. The van der Waals surface area contributed by atoms with Crippen molar-refractivity contribution < 1.29 is 8.94 Å². The summed E-state index contributed by atoms with van der Waals surface area (Å²) in [5.41, 5.74) is 2.81. The first kappa shape index (κ1) is 13.8. The molecule has 110 valence electrons. The van der Waals surface area contributed by atoms with Crippen LogP contribution in [0.2, 0.25) is 0 Å². The van der Waals surface area contributed by atoms with Gasteiger partial charge in [0, 0.05) is 11.3 Å². The van der Waals surface area contributed by atoms with Crippen LogP contribution in [0.1, 0.15) is 51.0 Å². The van der Waals surface area contributed by atoms with E-state index in [1.807, 2.05) is 12.1 Å². The van der Waals surface area contributed by atoms with Gasteiger partial charge in [-0.3, -0.25) is 0 Å². The van der Waals surface area contributed by atoms with Crippen molar-refractivity contribution in [3.8, 4) is 0 Å². The highest BCUT2D eigenvalue weighted by molar-refractivity contribution is 5.73. The number of rotatable bonds is 3. The van der Waals surface area contributed by atoms with Crippen molar-refractivity contribution >= 4 is 11.1 Å². The van der Waals surface area contributed by atoms with Crippen LogP contribution < -0.4 is 0 Å². The van der Waals surface area contributed by atoms with Crippen LogP contribution in [0.5, 0.6) is 0 Å².